The van der Waals surface area contributed by atoms with Gasteiger partial charge in [-0.25, -0.2) is 0 Å². The first-order chi connectivity index (χ1) is 13.4. The maximum atomic E-state index is 5.95. The monoisotopic (exact) mass is 412 g/mol. The molecular weight excluding hydrogens is 388 g/mol. The number of thiocarbonyl (C=S) groups is 1. The van der Waals surface area contributed by atoms with E-state index in [0.717, 1.165) is 34.2 Å². The molecule has 0 aliphatic carbocycles. The van der Waals surface area contributed by atoms with Crippen LogP contribution in [0.3, 0.4) is 0 Å². The van der Waals surface area contributed by atoms with E-state index in [0.29, 0.717) is 17.6 Å². The molecule has 4 nitrogen and oxygen atoms in total. The first-order valence-electron chi connectivity index (χ1n) is 9.41. The standard InChI is InChI=1S/C22H25ClN4S/c1-4-15(2)18-7-11-20(12-8-18)24-22(28)25-21-13-16(3)27(26-21)14-17-5-9-19(23)10-6-17/h5-13,15H,4,14H2,1-3H3,(H2,24,25,26,28). The van der Waals surface area contributed by atoms with E-state index < -0.39 is 0 Å². The van der Waals surface area contributed by atoms with Gasteiger partial charge in [-0.1, -0.05) is 49.7 Å². The van der Waals surface area contributed by atoms with Crippen LogP contribution in [-0.4, -0.2) is 14.9 Å². The lowest BCUT2D eigenvalue weighted by atomic mass is 9.99. The van der Waals surface area contributed by atoms with Crippen LogP contribution >= 0.6 is 23.8 Å². The summed E-state index contributed by atoms with van der Waals surface area (Å²) in [5.41, 5.74) is 4.49. The fraction of sp³-hybridized carbons (Fsp3) is 0.273. The molecule has 0 radical (unpaired) electrons. The molecule has 1 aromatic heterocycles. The van der Waals surface area contributed by atoms with E-state index in [1.165, 1.54) is 5.56 Å². The summed E-state index contributed by atoms with van der Waals surface area (Å²) in [5.74, 6) is 1.28. The molecule has 1 heterocycles. The predicted molar refractivity (Wildman–Crippen MR) is 123 cm³/mol. The van der Waals surface area contributed by atoms with Crippen molar-refractivity contribution >= 4 is 40.4 Å². The molecule has 0 spiro atoms. The van der Waals surface area contributed by atoms with Crippen molar-refractivity contribution in [2.75, 3.05) is 10.6 Å². The lowest BCUT2D eigenvalue weighted by Crippen LogP contribution is -2.19. The van der Waals surface area contributed by atoms with Gasteiger partial charge < -0.3 is 10.6 Å². The van der Waals surface area contributed by atoms with Gasteiger partial charge in [0.25, 0.3) is 0 Å². The fourth-order valence-corrected chi connectivity index (χ4v) is 3.25. The van der Waals surface area contributed by atoms with Crippen LogP contribution in [0.25, 0.3) is 0 Å². The Morgan fingerprint density at radius 3 is 2.43 bits per heavy atom. The first-order valence-corrected chi connectivity index (χ1v) is 10.2. The van der Waals surface area contributed by atoms with Gasteiger partial charge in [0.2, 0.25) is 0 Å². The van der Waals surface area contributed by atoms with Gasteiger partial charge in [-0.05, 0) is 66.9 Å². The molecule has 2 aromatic carbocycles. The molecule has 1 unspecified atom stereocenters. The molecule has 0 fully saturated rings. The second-order valence-corrected chi connectivity index (χ2v) is 7.81. The molecule has 28 heavy (non-hydrogen) atoms. The Morgan fingerprint density at radius 2 is 1.79 bits per heavy atom. The minimum Gasteiger partial charge on any atom is -0.332 e. The van der Waals surface area contributed by atoms with Crippen molar-refractivity contribution in [1.29, 1.82) is 0 Å². The van der Waals surface area contributed by atoms with Crippen LogP contribution in [0.5, 0.6) is 0 Å². The third-order valence-corrected chi connectivity index (χ3v) is 5.27. The Kier molecular flexibility index (Phi) is 6.70. The number of benzene rings is 2. The van der Waals surface area contributed by atoms with E-state index in [4.69, 9.17) is 23.8 Å². The second kappa shape index (κ2) is 9.22. The number of aryl methyl sites for hydroxylation is 1. The Labute approximate surface area is 176 Å². The van der Waals surface area contributed by atoms with Gasteiger partial charge in [-0.2, -0.15) is 5.10 Å². The smallest absolute Gasteiger partial charge is 0.176 e. The predicted octanol–water partition coefficient (Wildman–Crippen LogP) is 6.22. The van der Waals surface area contributed by atoms with Crippen molar-refractivity contribution in [1.82, 2.24) is 9.78 Å². The van der Waals surface area contributed by atoms with E-state index in [-0.39, 0.29) is 0 Å². The Bertz CT molecular complexity index is 932. The minimum absolute atomic E-state index is 0.521. The Hall–Kier alpha value is -2.37. The number of hydrogen-bond acceptors (Lipinski definition) is 2. The molecule has 0 aliphatic heterocycles. The van der Waals surface area contributed by atoms with E-state index >= 15 is 0 Å². The summed E-state index contributed by atoms with van der Waals surface area (Å²) in [6.45, 7) is 7.14. The van der Waals surface area contributed by atoms with Crippen LogP contribution in [0.2, 0.25) is 5.02 Å². The van der Waals surface area contributed by atoms with Crippen molar-refractivity contribution in [3.8, 4) is 0 Å². The largest absolute Gasteiger partial charge is 0.332 e. The normalized spacial score (nSPS) is 11.9. The van der Waals surface area contributed by atoms with Gasteiger partial charge >= 0.3 is 0 Å². The summed E-state index contributed by atoms with van der Waals surface area (Å²) in [6, 6.07) is 18.2. The molecule has 3 aromatic rings. The molecule has 1 atom stereocenters. The topological polar surface area (TPSA) is 41.9 Å². The number of anilines is 2. The number of hydrogen-bond donors (Lipinski definition) is 2. The van der Waals surface area contributed by atoms with Crippen molar-refractivity contribution in [2.24, 2.45) is 0 Å². The highest BCUT2D eigenvalue weighted by Gasteiger charge is 2.08. The number of halogens is 1. The van der Waals surface area contributed by atoms with E-state index in [1.807, 2.05) is 41.9 Å². The fourth-order valence-electron chi connectivity index (χ4n) is 2.90. The van der Waals surface area contributed by atoms with E-state index in [9.17, 15) is 0 Å². The number of nitrogens with zero attached hydrogens (tertiary/aromatic N) is 2. The van der Waals surface area contributed by atoms with Gasteiger partial charge in [0.05, 0.1) is 6.54 Å². The zero-order valence-corrected chi connectivity index (χ0v) is 17.9. The number of aromatic nitrogens is 2. The van der Waals surface area contributed by atoms with Crippen LogP contribution in [0.4, 0.5) is 11.5 Å². The van der Waals surface area contributed by atoms with E-state index in [1.54, 1.807) is 0 Å². The quantitative estimate of drug-likeness (QED) is 0.472. The zero-order valence-electron chi connectivity index (χ0n) is 16.4. The van der Waals surface area contributed by atoms with Crippen molar-refractivity contribution in [3.63, 3.8) is 0 Å². The summed E-state index contributed by atoms with van der Waals surface area (Å²) in [4.78, 5) is 0. The lowest BCUT2D eigenvalue weighted by Gasteiger charge is -2.12. The van der Waals surface area contributed by atoms with Gasteiger partial charge in [0.15, 0.2) is 10.9 Å². The van der Waals surface area contributed by atoms with Crippen LogP contribution in [0.15, 0.2) is 54.6 Å². The zero-order chi connectivity index (χ0) is 20.1. The lowest BCUT2D eigenvalue weighted by molar-refractivity contribution is 0.668. The molecule has 0 saturated carbocycles. The van der Waals surface area contributed by atoms with Crippen LogP contribution in [-0.2, 0) is 6.54 Å². The molecular formula is C22H25ClN4S. The summed E-state index contributed by atoms with van der Waals surface area (Å²) in [5, 5.41) is 12.2. The highest BCUT2D eigenvalue weighted by molar-refractivity contribution is 7.80. The number of rotatable bonds is 6. The van der Waals surface area contributed by atoms with E-state index in [2.05, 4.69) is 53.8 Å². The third-order valence-electron chi connectivity index (χ3n) is 4.82. The summed E-state index contributed by atoms with van der Waals surface area (Å²) >= 11 is 11.4. The molecule has 0 bridgehead atoms. The van der Waals surface area contributed by atoms with Crippen molar-refractivity contribution in [3.05, 3.63) is 76.4 Å². The highest BCUT2D eigenvalue weighted by Crippen LogP contribution is 2.21. The summed E-state index contributed by atoms with van der Waals surface area (Å²) < 4.78 is 1.94. The second-order valence-electron chi connectivity index (χ2n) is 6.97. The Morgan fingerprint density at radius 1 is 1.11 bits per heavy atom. The number of nitrogens with one attached hydrogen (secondary N) is 2. The van der Waals surface area contributed by atoms with Crippen LogP contribution < -0.4 is 10.6 Å². The summed E-state index contributed by atoms with van der Waals surface area (Å²) in [6.07, 6.45) is 1.13. The van der Waals surface area contributed by atoms with Gasteiger partial charge in [0.1, 0.15) is 0 Å². The van der Waals surface area contributed by atoms with Crippen LogP contribution in [0, 0.1) is 6.92 Å². The molecule has 0 amide bonds. The maximum Gasteiger partial charge on any atom is 0.176 e. The van der Waals surface area contributed by atoms with Gasteiger partial charge in [-0.3, -0.25) is 4.68 Å². The highest BCUT2D eigenvalue weighted by atomic mass is 35.5. The summed E-state index contributed by atoms with van der Waals surface area (Å²) in [7, 11) is 0. The van der Waals surface area contributed by atoms with Crippen molar-refractivity contribution in [2.45, 2.75) is 39.7 Å². The molecule has 146 valence electrons. The average molecular weight is 413 g/mol. The molecule has 3 rings (SSSR count). The molecule has 0 aliphatic rings. The van der Waals surface area contributed by atoms with Crippen molar-refractivity contribution < 1.29 is 0 Å². The maximum absolute atomic E-state index is 5.95. The third kappa shape index (κ3) is 5.33. The average Bonchev–Trinajstić information content (AvgIpc) is 3.02. The molecule has 6 heteroatoms. The molecule has 2 N–H and O–H groups in total. The van der Waals surface area contributed by atoms with Gasteiger partial charge in [-0.15, -0.1) is 0 Å². The van der Waals surface area contributed by atoms with Crippen LogP contribution in [0.1, 0.15) is 43.0 Å². The first kappa shape index (κ1) is 20.4. The molecule has 0 saturated heterocycles. The Balaban J connectivity index is 1.60. The SMILES string of the molecule is CCC(C)c1ccc(NC(=S)Nc2cc(C)n(Cc3ccc(Cl)cc3)n2)cc1. The van der Waals surface area contributed by atoms with Gasteiger partial charge in [0, 0.05) is 22.5 Å². The minimum atomic E-state index is 0.521.